The van der Waals surface area contributed by atoms with Crippen LogP contribution >= 0.6 is 0 Å². The Balaban J connectivity index is 1.99. The standard InChI is InChI=1S/C27H37N3O2/c1-2-3-4-5-6-7-10-22(19-23-11-8-12-24(20-23)21-28)14-15-25(16-17-27(31)32)30-26-13-9-18-29-26/h8-9,11-13,16-18,20,22,25,29-30H,2-7,10,14-15,19H2,1H3,(H,31,32). The van der Waals surface area contributed by atoms with Crippen LogP contribution in [0.15, 0.2) is 54.7 Å². The molecule has 0 amide bonds. The summed E-state index contributed by atoms with van der Waals surface area (Å²) >= 11 is 0. The lowest BCUT2D eigenvalue weighted by atomic mass is 9.88. The molecule has 1 aromatic heterocycles. The van der Waals surface area contributed by atoms with E-state index in [9.17, 15) is 10.1 Å². The van der Waals surface area contributed by atoms with Gasteiger partial charge in [-0.15, -0.1) is 0 Å². The van der Waals surface area contributed by atoms with Gasteiger partial charge in [0.05, 0.1) is 11.6 Å². The van der Waals surface area contributed by atoms with Crippen LogP contribution in [0.2, 0.25) is 0 Å². The Labute approximate surface area is 192 Å². The second-order valence-electron chi connectivity index (χ2n) is 8.55. The number of unbranched alkanes of at least 4 members (excludes halogenated alkanes) is 5. The minimum Gasteiger partial charge on any atom is -0.478 e. The molecule has 2 rings (SSSR count). The number of carbonyl (C=O) groups is 1. The number of rotatable bonds is 16. The average Bonchev–Trinajstić information content (AvgIpc) is 3.30. The zero-order chi connectivity index (χ0) is 23.0. The van der Waals surface area contributed by atoms with Crippen molar-refractivity contribution >= 4 is 11.8 Å². The van der Waals surface area contributed by atoms with E-state index in [4.69, 9.17) is 5.11 Å². The molecule has 0 saturated heterocycles. The molecule has 0 bridgehead atoms. The highest BCUT2D eigenvalue weighted by atomic mass is 16.4. The molecule has 0 saturated carbocycles. The smallest absolute Gasteiger partial charge is 0.328 e. The van der Waals surface area contributed by atoms with E-state index in [2.05, 4.69) is 29.4 Å². The zero-order valence-corrected chi connectivity index (χ0v) is 19.2. The van der Waals surface area contributed by atoms with Crippen LogP contribution in [0.25, 0.3) is 0 Å². The highest BCUT2D eigenvalue weighted by molar-refractivity contribution is 5.79. The van der Waals surface area contributed by atoms with Gasteiger partial charge in [-0.1, -0.05) is 70.1 Å². The molecule has 3 N–H and O–H groups in total. The second-order valence-corrected chi connectivity index (χ2v) is 8.55. The van der Waals surface area contributed by atoms with Gasteiger partial charge in [0.2, 0.25) is 0 Å². The maximum atomic E-state index is 11.0. The van der Waals surface area contributed by atoms with E-state index < -0.39 is 5.97 Å². The quantitative estimate of drug-likeness (QED) is 0.202. The first kappa shape index (κ1) is 25.3. The molecular weight excluding hydrogens is 398 g/mol. The number of hydrogen-bond donors (Lipinski definition) is 3. The van der Waals surface area contributed by atoms with Crippen LogP contribution < -0.4 is 5.32 Å². The first-order chi connectivity index (χ1) is 15.6. The van der Waals surface area contributed by atoms with Crippen LogP contribution in [-0.4, -0.2) is 22.1 Å². The molecule has 0 aliphatic heterocycles. The summed E-state index contributed by atoms with van der Waals surface area (Å²) in [7, 11) is 0. The van der Waals surface area contributed by atoms with Crippen molar-refractivity contribution in [2.24, 2.45) is 5.92 Å². The fraction of sp³-hybridized carbons (Fsp3) is 0.481. The van der Waals surface area contributed by atoms with E-state index in [0.717, 1.165) is 31.5 Å². The SMILES string of the molecule is CCCCCCCCC(CCC(C=CC(=O)O)Nc1ccc[nH]1)Cc1cccc(C#N)c1. The molecule has 2 atom stereocenters. The van der Waals surface area contributed by atoms with Crippen molar-refractivity contribution in [2.45, 2.75) is 77.2 Å². The minimum atomic E-state index is -0.930. The van der Waals surface area contributed by atoms with E-state index in [1.807, 2.05) is 36.5 Å². The van der Waals surface area contributed by atoms with Crippen LogP contribution in [0.5, 0.6) is 0 Å². The third-order valence-corrected chi connectivity index (χ3v) is 5.84. The van der Waals surface area contributed by atoms with Crippen molar-refractivity contribution in [1.29, 1.82) is 5.26 Å². The lowest BCUT2D eigenvalue weighted by Gasteiger charge is -2.21. The Morgan fingerprint density at radius 3 is 2.66 bits per heavy atom. The van der Waals surface area contributed by atoms with Gasteiger partial charge in [-0.2, -0.15) is 5.26 Å². The number of nitriles is 1. The topological polar surface area (TPSA) is 88.9 Å². The highest BCUT2D eigenvalue weighted by Crippen LogP contribution is 2.24. The summed E-state index contributed by atoms with van der Waals surface area (Å²) in [5.74, 6) is 0.459. The van der Waals surface area contributed by atoms with Crippen LogP contribution in [-0.2, 0) is 11.2 Å². The van der Waals surface area contributed by atoms with E-state index >= 15 is 0 Å². The second kappa shape index (κ2) is 14.9. The molecule has 2 aromatic rings. The van der Waals surface area contributed by atoms with E-state index in [-0.39, 0.29) is 6.04 Å². The summed E-state index contributed by atoms with van der Waals surface area (Å²) in [6, 6.07) is 14.0. The molecule has 5 heteroatoms. The number of hydrogen-bond acceptors (Lipinski definition) is 3. The van der Waals surface area contributed by atoms with Gasteiger partial charge in [-0.25, -0.2) is 4.79 Å². The summed E-state index contributed by atoms with van der Waals surface area (Å²) in [6.07, 6.45) is 16.4. The van der Waals surface area contributed by atoms with Gasteiger partial charge in [0, 0.05) is 18.3 Å². The molecule has 0 aliphatic rings. The van der Waals surface area contributed by atoms with Gasteiger partial charge in [0.25, 0.3) is 0 Å². The Morgan fingerprint density at radius 2 is 1.94 bits per heavy atom. The molecule has 172 valence electrons. The Kier molecular flexibility index (Phi) is 11.8. The fourth-order valence-corrected chi connectivity index (χ4v) is 4.11. The van der Waals surface area contributed by atoms with Gasteiger partial charge in [0.1, 0.15) is 5.82 Å². The minimum absolute atomic E-state index is 0.0535. The number of nitrogens with one attached hydrogen (secondary N) is 2. The Morgan fingerprint density at radius 1 is 1.12 bits per heavy atom. The molecule has 1 aromatic carbocycles. The highest BCUT2D eigenvalue weighted by Gasteiger charge is 2.14. The molecule has 0 aliphatic carbocycles. The van der Waals surface area contributed by atoms with Crippen molar-refractivity contribution in [3.8, 4) is 6.07 Å². The number of aromatic amines is 1. The van der Waals surface area contributed by atoms with Crippen molar-refractivity contribution in [3.05, 3.63) is 65.9 Å². The van der Waals surface area contributed by atoms with E-state index in [1.165, 1.54) is 50.2 Å². The lowest BCUT2D eigenvalue weighted by Crippen LogP contribution is -2.19. The van der Waals surface area contributed by atoms with Crippen LogP contribution in [0.1, 0.15) is 75.8 Å². The lowest BCUT2D eigenvalue weighted by molar-refractivity contribution is -0.131. The predicted molar refractivity (Wildman–Crippen MR) is 131 cm³/mol. The number of nitrogens with zero attached hydrogens (tertiary/aromatic N) is 1. The van der Waals surface area contributed by atoms with E-state index in [0.29, 0.717) is 11.5 Å². The summed E-state index contributed by atoms with van der Waals surface area (Å²) in [6.45, 7) is 2.24. The Bertz CT molecular complexity index is 852. The van der Waals surface area contributed by atoms with Gasteiger partial charge in [0.15, 0.2) is 0 Å². The maximum Gasteiger partial charge on any atom is 0.328 e. The van der Waals surface area contributed by atoms with Gasteiger partial charge in [-0.3, -0.25) is 0 Å². The summed E-state index contributed by atoms with van der Waals surface area (Å²) in [5.41, 5.74) is 1.91. The number of aromatic nitrogens is 1. The van der Waals surface area contributed by atoms with Gasteiger partial charge in [-0.05, 0) is 55.0 Å². The van der Waals surface area contributed by atoms with Crippen LogP contribution in [0.3, 0.4) is 0 Å². The molecule has 0 radical (unpaired) electrons. The monoisotopic (exact) mass is 435 g/mol. The molecule has 2 unspecified atom stereocenters. The predicted octanol–water partition coefficient (Wildman–Crippen LogP) is 6.70. The number of benzene rings is 1. The number of aliphatic carboxylic acids is 1. The molecule has 5 nitrogen and oxygen atoms in total. The first-order valence-electron chi connectivity index (χ1n) is 11.9. The van der Waals surface area contributed by atoms with Crippen LogP contribution in [0.4, 0.5) is 5.82 Å². The molecule has 0 spiro atoms. The molecular formula is C27H37N3O2. The summed E-state index contributed by atoms with van der Waals surface area (Å²) in [4.78, 5) is 14.2. The number of anilines is 1. The largest absolute Gasteiger partial charge is 0.478 e. The summed E-state index contributed by atoms with van der Waals surface area (Å²) < 4.78 is 0. The van der Waals surface area contributed by atoms with E-state index in [1.54, 1.807) is 6.08 Å². The fourth-order valence-electron chi connectivity index (χ4n) is 4.11. The first-order valence-corrected chi connectivity index (χ1v) is 11.9. The number of carboxylic acid groups (broad SMARTS) is 1. The Hall–Kier alpha value is -3.00. The van der Waals surface area contributed by atoms with Gasteiger partial charge >= 0.3 is 5.97 Å². The third-order valence-electron chi connectivity index (χ3n) is 5.84. The van der Waals surface area contributed by atoms with Crippen molar-refractivity contribution in [1.82, 2.24) is 4.98 Å². The average molecular weight is 436 g/mol. The molecule has 1 heterocycles. The number of carboxylic acids is 1. The van der Waals surface area contributed by atoms with Crippen LogP contribution in [0, 0.1) is 17.2 Å². The molecule has 32 heavy (non-hydrogen) atoms. The van der Waals surface area contributed by atoms with Gasteiger partial charge < -0.3 is 15.4 Å². The maximum absolute atomic E-state index is 11.0. The molecule has 0 fully saturated rings. The third kappa shape index (κ3) is 10.3. The normalized spacial score (nSPS) is 13.0. The zero-order valence-electron chi connectivity index (χ0n) is 19.2. The van der Waals surface area contributed by atoms with Crippen molar-refractivity contribution in [2.75, 3.05) is 5.32 Å². The summed E-state index contributed by atoms with van der Waals surface area (Å²) in [5, 5.41) is 21.7. The number of H-pyrrole nitrogens is 1. The van der Waals surface area contributed by atoms with Crippen molar-refractivity contribution in [3.63, 3.8) is 0 Å². The van der Waals surface area contributed by atoms with Crippen molar-refractivity contribution < 1.29 is 9.90 Å².